The third-order valence-corrected chi connectivity index (χ3v) is 1.24. The highest BCUT2D eigenvalue weighted by Gasteiger charge is 1.91. The first-order valence-electron chi connectivity index (χ1n) is 3.99. The number of ether oxygens (including phenoxy) is 1. The maximum absolute atomic E-state index is 5.32. The normalized spacial score (nSPS) is 12.6. The summed E-state index contributed by atoms with van der Waals surface area (Å²) < 4.78 is 5.32. The minimum absolute atomic E-state index is 0.191. The van der Waals surface area contributed by atoms with Crippen LogP contribution in [0.4, 0.5) is 0 Å². The summed E-state index contributed by atoms with van der Waals surface area (Å²) in [4.78, 5) is 0. The fraction of sp³-hybridized carbons (Fsp3) is 0.600. The summed E-state index contributed by atoms with van der Waals surface area (Å²) in [5.74, 6) is 5.63. The van der Waals surface area contributed by atoms with Gasteiger partial charge in [-0.3, -0.25) is 0 Å². The lowest BCUT2D eigenvalue weighted by Crippen LogP contribution is -2.04. The van der Waals surface area contributed by atoms with Gasteiger partial charge in [0.05, 0.1) is 6.10 Å². The Hall–Kier alpha value is -0.740. The molecule has 11 heavy (non-hydrogen) atoms. The minimum Gasteiger partial charge on any atom is -0.362 e. The molecule has 0 aliphatic heterocycles. The standard InChI is InChI=1S/C10H16O/c1-4-6-8-10(3)11-9-7-5-2/h6,8,10H,4,9H2,1-3H3/b8-6-/t10-/m0/s1. The topological polar surface area (TPSA) is 9.23 Å². The lowest BCUT2D eigenvalue weighted by atomic mass is 10.3. The van der Waals surface area contributed by atoms with E-state index < -0.39 is 0 Å². The molecule has 0 heterocycles. The van der Waals surface area contributed by atoms with Crippen molar-refractivity contribution in [2.45, 2.75) is 33.3 Å². The van der Waals surface area contributed by atoms with E-state index in [1.165, 1.54) is 0 Å². The van der Waals surface area contributed by atoms with Crippen molar-refractivity contribution < 1.29 is 4.74 Å². The first kappa shape index (κ1) is 10.3. The second-order valence-corrected chi connectivity index (χ2v) is 2.28. The third kappa shape index (κ3) is 7.15. The first-order valence-corrected chi connectivity index (χ1v) is 3.99. The fourth-order valence-electron chi connectivity index (χ4n) is 0.629. The van der Waals surface area contributed by atoms with Crippen LogP contribution in [-0.2, 0) is 4.74 Å². The van der Waals surface area contributed by atoms with Crippen molar-refractivity contribution in [1.82, 2.24) is 0 Å². The Morgan fingerprint density at radius 1 is 1.55 bits per heavy atom. The quantitative estimate of drug-likeness (QED) is 0.444. The lowest BCUT2D eigenvalue weighted by Gasteiger charge is -2.03. The van der Waals surface area contributed by atoms with E-state index >= 15 is 0 Å². The Bertz CT molecular complexity index is 159. The zero-order valence-electron chi connectivity index (χ0n) is 7.55. The van der Waals surface area contributed by atoms with E-state index in [0.717, 1.165) is 6.42 Å². The van der Waals surface area contributed by atoms with Crippen molar-refractivity contribution in [2.24, 2.45) is 0 Å². The van der Waals surface area contributed by atoms with Crippen LogP contribution in [0.2, 0.25) is 0 Å². The fourth-order valence-corrected chi connectivity index (χ4v) is 0.629. The maximum Gasteiger partial charge on any atom is 0.108 e. The SMILES string of the molecule is CC#CCO[C@@H](C)/C=C\CC. The maximum atomic E-state index is 5.32. The van der Waals surface area contributed by atoms with Gasteiger partial charge in [-0.1, -0.05) is 25.0 Å². The molecule has 0 amide bonds. The predicted octanol–water partition coefficient (Wildman–Crippen LogP) is 2.38. The van der Waals surface area contributed by atoms with Gasteiger partial charge in [-0.25, -0.2) is 0 Å². The molecule has 1 heteroatoms. The molecule has 0 saturated heterocycles. The molecule has 0 N–H and O–H groups in total. The van der Waals surface area contributed by atoms with E-state index in [4.69, 9.17) is 4.74 Å². The molecule has 0 aliphatic rings. The average molecular weight is 152 g/mol. The summed E-state index contributed by atoms with van der Waals surface area (Å²) in [6, 6.07) is 0. The van der Waals surface area contributed by atoms with Crippen LogP contribution >= 0.6 is 0 Å². The highest BCUT2D eigenvalue weighted by Crippen LogP contribution is 1.93. The molecule has 0 fully saturated rings. The smallest absolute Gasteiger partial charge is 0.108 e. The van der Waals surface area contributed by atoms with E-state index in [0.29, 0.717) is 6.61 Å². The molecule has 1 atom stereocenters. The Morgan fingerprint density at radius 2 is 2.27 bits per heavy atom. The summed E-state index contributed by atoms with van der Waals surface area (Å²) in [5.41, 5.74) is 0. The number of allylic oxidation sites excluding steroid dienone is 1. The second kappa shape index (κ2) is 7.37. The van der Waals surface area contributed by atoms with Gasteiger partial charge in [-0.15, -0.1) is 5.92 Å². The first-order chi connectivity index (χ1) is 5.31. The van der Waals surface area contributed by atoms with Gasteiger partial charge < -0.3 is 4.74 Å². The van der Waals surface area contributed by atoms with Crippen molar-refractivity contribution in [3.05, 3.63) is 12.2 Å². The molecule has 0 spiro atoms. The van der Waals surface area contributed by atoms with E-state index in [-0.39, 0.29) is 6.10 Å². The lowest BCUT2D eigenvalue weighted by molar-refractivity contribution is 0.127. The summed E-state index contributed by atoms with van der Waals surface area (Å²) in [5, 5.41) is 0. The van der Waals surface area contributed by atoms with Crippen LogP contribution in [0.1, 0.15) is 27.2 Å². The molecule has 0 unspecified atom stereocenters. The van der Waals surface area contributed by atoms with Crippen molar-refractivity contribution >= 4 is 0 Å². The minimum atomic E-state index is 0.191. The van der Waals surface area contributed by atoms with Gasteiger partial charge >= 0.3 is 0 Å². The average Bonchev–Trinajstić information content (AvgIpc) is 2.01. The Labute approximate surface area is 69.4 Å². The van der Waals surface area contributed by atoms with Gasteiger partial charge in [0.15, 0.2) is 0 Å². The van der Waals surface area contributed by atoms with Crippen LogP contribution < -0.4 is 0 Å². The second-order valence-electron chi connectivity index (χ2n) is 2.28. The van der Waals surface area contributed by atoms with Crippen LogP contribution in [0.5, 0.6) is 0 Å². The van der Waals surface area contributed by atoms with Gasteiger partial charge in [0.1, 0.15) is 6.61 Å². The van der Waals surface area contributed by atoms with E-state index in [2.05, 4.69) is 30.9 Å². The molecule has 0 radical (unpaired) electrons. The molecule has 0 aromatic carbocycles. The molecule has 0 aromatic heterocycles. The highest BCUT2D eigenvalue weighted by atomic mass is 16.5. The summed E-state index contributed by atoms with van der Waals surface area (Å²) >= 11 is 0. The van der Waals surface area contributed by atoms with Crippen LogP contribution in [0.15, 0.2) is 12.2 Å². The Morgan fingerprint density at radius 3 is 2.82 bits per heavy atom. The third-order valence-electron chi connectivity index (χ3n) is 1.24. The molecule has 0 rings (SSSR count). The molecule has 0 saturated carbocycles. The van der Waals surface area contributed by atoms with Crippen LogP contribution in [0.3, 0.4) is 0 Å². The molecule has 0 aromatic rings. The monoisotopic (exact) mass is 152 g/mol. The van der Waals surface area contributed by atoms with Gasteiger partial charge in [-0.05, 0) is 20.3 Å². The predicted molar refractivity (Wildman–Crippen MR) is 48.3 cm³/mol. The molecule has 0 aliphatic carbocycles. The van der Waals surface area contributed by atoms with E-state index in [1.807, 2.05) is 13.8 Å². The van der Waals surface area contributed by atoms with Gasteiger partial charge in [0, 0.05) is 0 Å². The zero-order valence-corrected chi connectivity index (χ0v) is 7.55. The molecular weight excluding hydrogens is 136 g/mol. The van der Waals surface area contributed by atoms with Crippen molar-refractivity contribution in [2.75, 3.05) is 6.61 Å². The van der Waals surface area contributed by atoms with Gasteiger partial charge in [-0.2, -0.15) is 0 Å². The van der Waals surface area contributed by atoms with Gasteiger partial charge in [0.25, 0.3) is 0 Å². The van der Waals surface area contributed by atoms with Crippen molar-refractivity contribution in [3.63, 3.8) is 0 Å². The highest BCUT2D eigenvalue weighted by molar-refractivity contribution is 4.96. The Balaban J connectivity index is 3.41. The summed E-state index contributed by atoms with van der Waals surface area (Å²) in [7, 11) is 0. The number of hydrogen-bond acceptors (Lipinski definition) is 1. The molecule has 0 bridgehead atoms. The van der Waals surface area contributed by atoms with E-state index in [1.54, 1.807) is 0 Å². The molecular formula is C10H16O. The van der Waals surface area contributed by atoms with Crippen LogP contribution in [0.25, 0.3) is 0 Å². The van der Waals surface area contributed by atoms with E-state index in [9.17, 15) is 0 Å². The largest absolute Gasteiger partial charge is 0.362 e. The number of rotatable bonds is 4. The summed E-state index contributed by atoms with van der Waals surface area (Å²) in [6.45, 7) is 6.47. The number of hydrogen-bond donors (Lipinski definition) is 0. The van der Waals surface area contributed by atoms with Gasteiger partial charge in [0.2, 0.25) is 0 Å². The Kier molecular flexibility index (Phi) is 6.87. The van der Waals surface area contributed by atoms with Crippen LogP contribution in [-0.4, -0.2) is 12.7 Å². The molecule has 1 nitrogen and oxygen atoms in total. The van der Waals surface area contributed by atoms with Crippen molar-refractivity contribution in [3.8, 4) is 11.8 Å². The molecule has 62 valence electrons. The summed E-state index contributed by atoms with van der Waals surface area (Å²) in [6.07, 6.45) is 5.41. The van der Waals surface area contributed by atoms with Crippen molar-refractivity contribution in [1.29, 1.82) is 0 Å². The van der Waals surface area contributed by atoms with Crippen LogP contribution in [0, 0.1) is 11.8 Å². The zero-order chi connectivity index (χ0) is 8.53.